The van der Waals surface area contributed by atoms with Crippen molar-refractivity contribution in [1.82, 2.24) is 20.5 Å². The Morgan fingerprint density at radius 3 is 2.96 bits per heavy atom. The molecule has 3 aromatic rings. The molecule has 126 valence electrons. The molecule has 0 radical (unpaired) electrons. The molecule has 2 aromatic heterocycles. The van der Waals surface area contributed by atoms with Gasteiger partial charge in [-0.2, -0.15) is 0 Å². The number of benzene rings is 1. The molecule has 1 atom stereocenters. The molecule has 0 unspecified atom stereocenters. The van der Waals surface area contributed by atoms with Crippen LogP contribution in [0.15, 0.2) is 33.9 Å². The van der Waals surface area contributed by atoms with Crippen LogP contribution in [-0.4, -0.2) is 32.9 Å². The van der Waals surface area contributed by atoms with E-state index in [1.807, 2.05) is 31.2 Å². The van der Waals surface area contributed by atoms with Gasteiger partial charge in [-0.25, -0.2) is 4.98 Å². The van der Waals surface area contributed by atoms with Crippen LogP contribution < -0.4 is 11.1 Å². The number of rotatable bonds is 7. The Balaban J connectivity index is 1.55. The first-order valence-corrected chi connectivity index (χ1v) is 9.23. The van der Waals surface area contributed by atoms with Gasteiger partial charge in [0, 0.05) is 13.0 Å². The van der Waals surface area contributed by atoms with Gasteiger partial charge in [-0.3, -0.25) is 4.79 Å². The number of oxazole rings is 1. The van der Waals surface area contributed by atoms with Gasteiger partial charge in [-0.15, -0.1) is 10.2 Å². The monoisotopic (exact) mass is 363 g/mol. The van der Waals surface area contributed by atoms with E-state index in [2.05, 4.69) is 20.5 Å². The molecule has 0 aliphatic carbocycles. The molecule has 7 nitrogen and oxygen atoms in total. The number of aromatic nitrogens is 3. The molecule has 2 heterocycles. The quantitative estimate of drug-likeness (QED) is 0.621. The van der Waals surface area contributed by atoms with E-state index in [9.17, 15) is 4.79 Å². The first-order valence-electron chi connectivity index (χ1n) is 7.53. The number of nitrogens with zero attached hydrogens (tertiary/aromatic N) is 3. The van der Waals surface area contributed by atoms with Crippen LogP contribution in [0.1, 0.15) is 18.4 Å². The zero-order valence-electron chi connectivity index (χ0n) is 13.1. The van der Waals surface area contributed by atoms with Gasteiger partial charge < -0.3 is 15.5 Å². The average molecular weight is 363 g/mol. The van der Waals surface area contributed by atoms with Crippen molar-refractivity contribution in [1.29, 1.82) is 0 Å². The van der Waals surface area contributed by atoms with Gasteiger partial charge in [0.1, 0.15) is 10.5 Å². The van der Waals surface area contributed by atoms with E-state index in [0.29, 0.717) is 29.7 Å². The highest BCUT2D eigenvalue weighted by Crippen LogP contribution is 2.28. The fourth-order valence-electron chi connectivity index (χ4n) is 2.12. The number of hydrogen-bond donors (Lipinski definition) is 2. The lowest BCUT2D eigenvalue weighted by molar-refractivity contribution is -0.120. The first kappa shape index (κ1) is 16.7. The Morgan fingerprint density at radius 2 is 2.25 bits per heavy atom. The number of thioether (sulfide) groups is 1. The Morgan fingerprint density at radius 1 is 1.42 bits per heavy atom. The smallest absolute Gasteiger partial charge is 0.257 e. The highest BCUT2D eigenvalue weighted by molar-refractivity contribution is 8.00. The van der Waals surface area contributed by atoms with E-state index < -0.39 is 0 Å². The standard InChI is InChI=1S/C15H17N5O2S2/c1-2-11(13(21)17-8-7-12-19-20-14(16)24-12)23-15-18-9-5-3-4-6-10(9)22-15/h3-6,11H,2,7-8H2,1H3,(H2,16,20)(H,17,21)/t11-/m1/s1. The van der Waals surface area contributed by atoms with Crippen molar-refractivity contribution in [3.05, 3.63) is 29.3 Å². The molecule has 9 heteroatoms. The molecule has 0 saturated heterocycles. The normalized spacial score (nSPS) is 12.4. The summed E-state index contributed by atoms with van der Waals surface area (Å²) in [4.78, 5) is 16.7. The summed E-state index contributed by atoms with van der Waals surface area (Å²) in [5.41, 5.74) is 7.06. The van der Waals surface area contributed by atoms with Crippen molar-refractivity contribution in [2.75, 3.05) is 12.3 Å². The van der Waals surface area contributed by atoms with Gasteiger partial charge in [-0.1, -0.05) is 42.2 Å². The topological polar surface area (TPSA) is 107 Å². The molecule has 0 aliphatic heterocycles. The van der Waals surface area contributed by atoms with Crippen molar-refractivity contribution in [3.63, 3.8) is 0 Å². The van der Waals surface area contributed by atoms with Crippen molar-refractivity contribution >= 4 is 45.2 Å². The minimum absolute atomic E-state index is 0.0396. The predicted molar refractivity (Wildman–Crippen MR) is 95.0 cm³/mol. The zero-order valence-corrected chi connectivity index (χ0v) is 14.7. The fraction of sp³-hybridized carbons (Fsp3) is 0.333. The summed E-state index contributed by atoms with van der Waals surface area (Å²) in [5.74, 6) is -0.0396. The molecule has 0 fully saturated rings. The van der Waals surface area contributed by atoms with Crippen LogP contribution in [-0.2, 0) is 11.2 Å². The molecule has 24 heavy (non-hydrogen) atoms. The molecule has 0 saturated carbocycles. The number of nitrogens with two attached hydrogens (primary N) is 1. The summed E-state index contributed by atoms with van der Waals surface area (Å²) in [5, 5.41) is 12.1. The third-order valence-electron chi connectivity index (χ3n) is 3.30. The van der Waals surface area contributed by atoms with Crippen LogP contribution in [0.5, 0.6) is 0 Å². The summed E-state index contributed by atoms with van der Waals surface area (Å²) < 4.78 is 5.67. The number of para-hydroxylation sites is 2. The lowest BCUT2D eigenvalue weighted by Crippen LogP contribution is -2.33. The molecule has 1 amide bonds. The number of nitrogen functional groups attached to an aromatic ring is 1. The van der Waals surface area contributed by atoms with Crippen molar-refractivity contribution in [2.24, 2.45) is 0 Å². The maximum Gasteiger partial charge on any atom is 0.257 e. The number of nitrogens with one attached hydrogen (secondary N) is 1. The molecule has 0 bridgehead atoms. The van der Waals surface area contributed by atoms with Crippen molar-refractivity contribution in [2.45, 2.75) is 30.2 Å². The van der Waals surface area contributed by atoms with Gasteiger partial charge in [-0.05, 0) is 18.6 Å². The van der Waals surface area contributed by atoms with Crippen molar-refractivity contribution < 1.29 is 9.21 Å². The highest BCUT2D eigenvalue weighted by atomic mass is 32.2. The van der Waals surface area contributed by atoms with Crippen LogP contribution in [0.4, 0.5) is 5.13 Å². The molecule has 3 N–H and O–H groups in total. The van der Waals surface area contributed by atoms with Crippen LogP contribution in [0.2, 0.25) is 0 Å². The number of carbonyl (C=O) groups excluding carboxylic acids is 1. The minimum atomic E-state index is -0.252. The van der Waals surface area contributed by atoms with E-state index in [1.165, 1.54) is 23.1 Å². The molecule has 0 spiro atoms. The molecule has 3 rings (SSSR count). The van der Waals surface area contributed by atoms with Crippen molar-refractivity contribution in [3.8, 4) is 0 Å². The number of hydrogen-bond acceptors (Lipinski definition) is 8. The third kappa shape index (κ3) is 4.04. The van der Waals surface area contributed by atoms with E-state index in [-0.39, 0.29) is 11.2 Å². The van der Waals surface area contributed by atoms with Gasteiger partial charge >= 0.3 is 0 Å². The molecular weight excluding hydrogens is 346 g/mol. The second-order valence-electron chi connectivity index (χ2n) is 5.04. The summed E-state index contributed by atoms with van der Waals surface area (Å²) in [6, 6.07) is 7.55. The summed E-state index contributed by atoms with van der Waals surface area (Å²) in [7, 11) is 0. The van der Waals surface area contributed by atoms with E-state index in [0.717, 1.165) is 16.1 Å². The molecule has 0 aliphatic rings. The first-order chi connectivity index (χ1) is 11.7. The van der Waals surface area contributed by atoms with Crippen LogP contribution in [0.3, 0.4) is 0 Å². The Labute approximate surface area is 147 Å². The van der Waals surface area contributed by atoms with Gasteiger partial charge in [0.2, 0.25) is 11.0 Å². The average Bonchev–Trinajstić information content (AvgIpc) is 3.17. The number of carbonyl (C=O) groups is 1. The summed E-state index contributed by atoms with van der Waals surface area (Å²) in [6.07, 6.45) is 1.30. The Kier molecular flexibility index (Phi) is 5.31. The zero-order chi connectivity index (χ0) is 16.9. The molecular formula is C15H17N5O2S2. The number of fused-ring (bicyclic) bond motifs is 1. The van der Waals surface area contributed by atoms with Crippen LogP contribution >= 0.6 is 23.1 Å². The van der Waals surface area contributed by atoms with E-state index >= 15 is 0 Å². The fourth-order valence-corrected chi connectivity index (χ4v) is 3.62. The Bertz CT molecular complexity index is 799. The van der Waals surface area contributed by atoms with E-state index in [4.69, 9.17) is 10.2 Å². The minimum Gasteiger partial charge on any atom is -0.431 e. The predicted octanol–water partition coefficient (Wildman–Crippen LogP) is 2.49. The third-order valence-corrected chi connectivity index (χ3v) is 5.32. The maximum atomic E-state index is 12.3. The lowest BCUT2D eigenvalue weighted by atomic mass is 10.3. The highest BCUT2D eigenvalue weighted by Gasteiger charge is 2.20. The van der Waals surface area contributed by atoms with Gasteiger partial charge in [0.15, 0.2) is 5.58 Å². The second-order valence-corrected chi connectivity index (χ2v) is 7.28. The van der Waals surface area contributed by atoms with E-state index in [1.54, 1.807) is 0 Å². The lowest BCUT2D eigenvalue weighted by Gasteiger charge is -2.12. The van der Waals surface area contributed by atoms with Crippen LogP contribution in [0, 0.1) is 0 Å². The number of anilines is 1. The maximum absolute atomic E-state index is 12.3. The summed E-state index contributed by atoms with van der Waals surface area (Å²) >= 11 is 2.67. The second kappa shape index (κ2) is 7.63. The number of amides is 1. The molecule has 1 aromatic carbocycles. The Hall–Kier alpha value is -2.13. The van der Waals surface area contributed by atoms with Gasteiger partial charge in [0.05, 0.1) is 5.25 Å². The van der Waals surface area contributed by atoms with Crippen LogP contribution in [0.25, 0.3) is 11.1 Å². The SMILES string of the molecule is CC[C@@H](Sc1nc2ccccc2o1)C(=O)NCCc1nnc(N)s1. The summed E-state index contributed by atoms with van der Waals surface area (Å²) in [6.45, 7) is 2.46. The largest absolute Gasteiger partial charge is 0.431 e. The van der Waals surface area contributed by atoms with Gasteiger partial charge in [0.25, 0.3) is 5.22 Å².